The van der Waals surface area contributed by atoms with Crippen molar-refractivity contribution in [2.24, 2.45) is 10.8 Å². The molecule has 0 aliphatic heterocycles. The summed E-state index contributed by atoms with van der Waals surface area (Å²) in [5.41, 5.74) is -2.32. The van der Waals surface area contributed by atoms with Crippen LogP contribution < -0.4 is 71.7 Å². The fourth-order valence-electron chi connectivity index (χ4n) is 1.06. The molecule has 14 heteroatoms. The first-order chi connectivity index (χ1) is 9.80. The summed E-state index contributed by atoms with van der Waals surface area (Å²) in [6.45, 7) is -3.01. The van der Waals surface area contributed by atoms with E-state index >= 15 is 0 Å². The summed E-state index contributed by atoms with van der Waals surface area (Å²) < 4.78 is 5.15. The average molecular weight is 334 g/mol. The molecule has 6 N–H and O–H groups in total. The van der Waals surface area contributed by atoms with Gasteiger partial charge in [0.15, 0.2) is 0 Å². The summed E-state index contributed by atoms with van der Waals surface area (Å²) in [4.78, 5) is 0. The standard InChI is InChI=1S/C10H22O7.BO3.3Li/c11-1-9(2-12,3-13)7-17-8-10(4-14,5-15)6-16;2-1(3)4;;;/h11-16H,1-8H2;;;;/q;-3;3*+1. The zero-order valence-electron chi connectivity index (χ0n) is 14.6. The Bertz CT molecular complexity index is 206. The van der Waals surface area contributed by atoms with Gasteiger partial charge in [0, 0.05) is 0 Å². The zero-order valence-corrected chi connectivity index (χ0v) is 14.6. The minimum atomic E-state index is -2.92. The molecule has 0 aliphatic rings. The molecule has 0 atom stereocenters. The van der Waals surface area contributed by atoms with Gasteiger partial charge in [-0.25, -0.2) is 0 Å². The van der Waals surface area contributed by atoms with Crippen LogP contribution in [0.15, 0.2) is 0 Å². The Balaban J connectivity index is -0.000000154. The van der Waals surface area contributed by atoms with Crippen molar-refractivity contribution >= 4 is 7.32 Å². The van der Waals surface area contributed by atoms with E-state index in [2.05, 4.69) is 0 Å². The largest absolute Gasteiger partial charge is 1.00 e. The molecule has 0 heterocycles. The third-order valence-electron chi connectivity index (χ3n) is 2.83. The first kappa shape index (κ1) is 36.4. The Hall–Kier alpha value is 1.46. The molecule has 0 aromatic heterocycles. The van der Waals surface area contributed by atoms with Crippen molar-refractivity contribution in [2.75, 3.05) is 52.9 Å². The van der Waals surface area contributed by atoms with Crippen LogP contribution in [0.25, 0.3) is 0 Å². The maximum atomic E-state index is 9.03. The van der Waals surface area contributed by atoms with Gasteiger partial charge in [-0.1, -0.05) is 0 Å². The van der Waals surface area contributed by atoms with E-state index in [-0.39, 0.29) is 69.8 Å². The average Bonchev–Trinajstić information content (AvgIpc) is 2.48. The number of hydrogen-bond acceptors (Lipinski definition) is 10. The first-order valence-electron chi connectivity index (χ1n) is 6.01. The molecule has 0 aromatic carbocycles. The maximum Gasteiger partial charge on any atom is 1.00 e. The van der Waals surface area contributed by atoms with Crippen molar-refractivity contribution in [3.8, 4) is 0 Å². The van der Waals surface area contributed by atoms with Gasteiger partial charge in [-0.2, -0.15) is 0 Å². The van der Waals surface area contributed by atoms with E-state index < -0.39 is 57.8 Å². The topological polar surface area (TPSA) is 200 Å². The van der Waals surface area contributed by atoms with E-state index in [0.29, 0.717) is 0 Å². The van der Waals surface area contributed by atoms with Gasteiger partial charge in [0.05, 0.1) is 63.7 Å². The van der Waals surface area contributed by atoms with Crippen LogP contribution in [0.1, 0.15) is 0 Å². The molecular formula is C10H22BLi3O10. The van der Waals surface area contributed by atoms with Gasteiger partial charge in [-0.3, -0.25) is 7.32 Å². The Kier molecular flexibility index (Phi) is 31.5. The van der Waals surface area contributed by atoms with Crippen LogP contribution >= 0.6 is 0 Å². The van der Waals surface area contributed by atoms with Gasteiger partial charge in [-0.05, 0) is 0 Å². The molecule has 0 aromatic rings. The molecule has 0 radical (unpaired) electrons. The molecule has 0 bridgehead atoms. The van der Waals surface area contributed by atoms with Crippen LogP contribution in [-0.2, 0) is 4.74 Å². The minimum Gasteiger partial charge on any atom is -0.907 e. The van der Waals surface area contributed by atoms with Crippen LogP contribution in [0.2, 0.25) is 0 Å². The van der Waals surface area contributed by atoms with Crippen LogP contribution in [0.4, 0.5) is 0 Å². The Morgan fingerprint density at radius 3 is 0.875 bits per heavy atom. The molecule has 128 valence electrons. The monoisotopic (exact) mass is 334 g/mol. The van der Waals surface area contributed by atoms with Crippen LogP contribution in [0.3, 0.4) is 0 Å². The SMILES string of the molecule is OCC(CO)(CO)COCC(CO)(CO)CO.[Li+].[Li+].[Li+].[O-]B([O-])[O-]. The molecule has 0 saturated heterocycles. The van der Waals surface area contributed by atoms with E-state index in [9.17, 15) is 0 Å². The van der Waals surface area contributed by atoms with Crippen LogP contribution in [0, 0.1) is 10.8 Å². The Labute approximate surface area is 177 Å². The van der Waals surface area contributed by atoms with Crippen molar-refractivity contribution in [2.45, 2.75) is 0 Å². The molecule has 0 rings (SSSR count). The van der Waals surface area contributed by atoms with Crippen molar-refractivity contribution in [1.82, 2.24) is 0 Å². The second-order valence-corrected chi connectivity index (χ2v) is 4.73. The summed E-state index contributed by atoms with van der Waals surface area (Å²) in [6, 6.07) is 0. The van der Waals surface area contributed by atoms with Crippen molar-refractivity contribution in [3.05, 3.63) is 0 Å². The predicted octanol–water partition coefficient (Wildman–Crippen LogP) is -16.0. The molecule has 0 amide bonds. The summed E-state index contributed by atoms with van der Waals surface area (Å²) in [5.74, 6) is 0. The van der Waals surface area contributed by atoms with Crippen LogP contribution in [-0.4, -0.2) is 90.8 Å². The molecule has 0 unspecified atom stereocenters. The van der Waals surface area contributed by atoms with Gasteiger partial charge in [0.2, 0.25) is 0 Å². The molecule has 0 spiro atoms. The summed E-state index contributed by atoms with van der Waals surface area (Å²) in [6.07, 6.45) is 0. The maximum absolute atomic E-state index is 9.03. The third kappa shape index (κ3) is 15.7. The van der Waals surface area contributed by atoms with Crippen LogP contribution in [0.5, 0.6) is 0 Å². The third-order valence-corrected chi connectivity index (χ3v) is 2.83. The Morgan fingerprint density at radius 1 is 0.583 bits per heavy atom. The molecule has 0 saturated carbocycles. The second kappa shape index (κ2) is 20.8. The van der Waals surface area contributed by atoms with Gasteiger partial charge in [0.25, 0.3) is 0 Å². The summed E-state index contributed by atoms with van der Waals surface area (Å²) >= 11 is 0. The van der Waals surface area contributed by atoms with E-state index in [4.69, 9.17) is 50.4 Å². The van der Waals surface area contributed by atoms with E-state index in [1.807, 2.05) is 0 Å². The number of aliphatic hydroxyl groups excluding tert-OH is 6. The van der Waals surface area contributed by atoms with E-state index in [0.717, 1.165) is 0 Å². The molecule has 0 aliphatic carbocycles. The van der Waals surface area contributed by atoms with E-state index in [1.54, 1.807) is 0 Å². The van der Waals surface area contributed by atoms with E-state index in [1.165, 1.54) is 0 Å². The molecule has 0 fully saturated rings. The first-order valence-corrected chi connectivity index (χ1v) is 6.01. The van der Waals surface area contributed by atoms with Crippen molar-refractivity contribution in [1.29, 1.82) is 0 Å². The summed E-state index contributed by atoms with van der Waals surface area (Å²) in [5, 5.41) is 79.4. The normalized spacial score (nSPS) is 10.4. The number of ether oxygens (including phenoxy) is 1. The zero-order chi connectivity index (χ0) is 16.9. The van der Waals surface area contributed by atoms with Crippen molar-refractivity contribution in [3.63, 3.8) is 0 Å². The van der Waals surface area contributed by atoms with Gasteiger partial charge >= 0.3 is 56.6 Å². The fraction of sp³-hybridized carbons (Fsp3) is 1.00. The molecule has 10 nitrogen and oxygen atoms in total. The quantitative estimate of drug-likeness (QED) is 0.208. The van der Waals surface area contributed by atoms with Gasteiger partial charge in [0.1, 0.15) is 0 Å². The van der Waals surface area contributed by atoms with Gasteiger partial charge < -0.3 is 50.4 Å². The van der Waals surface area contributed by atoms with Gasteiger partial charge in [-0.15, -0.1) is 0 Å². The molecular weight excluding hydrogens is 312 g/mol. The minimum absolute atomic E-state index is 0. The number of rotatable bonds is 10. The number of hydrogen-bond donors (Lipinski definition) is 6. The smallest absolute Gasteiger partial charge is 0.907 e. The fourth-order valence-corrected chi connectivity index (χ4v) is 1.06. The molecule has 24 heavy (non-hydrogen) atoms. The summed E-state index contributed by atoms with van der Waals surface area (Å²) in [7, 11) is -2.92. The predicted molar refractivity (Wildman–Crippen MR) is 64.0 cm³/mol. The Morgan fingerprint density at radius 2 is 0.750 bits per heavy atom. The van der Waals surface area contributed by atoms with Crippen molar-refractivity contribution < 1.29 is 107 Å². The second-order valence-electron chi connectivity index (χ2n) is 4.73. The number of aliphatic hydroxyl groups is 6.